The lowest BCUT2D eigenvalue weighted by Gasteiger charge is -2.16. The molecule has 3 rings (SSSR count). The Morgan fingerprint density at radius 1 is 1.12 bits per heavy atom. The summed E-state index contributed by atoms with van der Waals surface area (Å²) in [5.41, 5.74) is 0.407. The van der Waals surface area contributed by atoms with Crippen LogP contribution in [0.15, 0.2) is 48.2 Å². The zero-order valence-electron chi connectivity index (χ0n) is 14.1. The third-order valence-electron chi connectivity index (χ3n) is 3.63. The van der Waals surface area contributed by atoms with Crippen molar-refractivity contribution in [1.82, 2.24) is 0 Å². The zero-order valence-corrected chi connectivity index (χ0v) is 14.1. The largest absolute Gasteiger partial charge is 0.452 e. The predicted octanol–water partition coefficient (Wildman–Crippen LogP) is 4.39. The molecular formula is C20H17FO4. The quantitative estimate of drug-likeness (QED) is 0.462. The van der Waals surface area contributed by atoms with Crippen LogP contribution in [0.2, 0.25) is 0 Å². The van der Waals surface area contributed by atoms with E-state index in [0.717, 1.165) is 0 Å². The van der Waals surface area contributed by atoms with Crippen LogP contribution in [0, 0.1) is 11.2 Å². The first-order valence-electron chi connectivity index (χ1n) is 7.80. The highest BCUT2D eigenvalue weighted by atomic mass is 19.1. The molecule has 0 aliphatic carbocycles. The molecule has 0 spiro atoms. The van der Waals surface area contributed by atoms with Gasteiger partial charge in [-0.05, 0) is 56.7 Å². The maximum absolute atomic E-state index is 13.0. The standard InChI is InChI=1S/C20H17FO4/c1-20(2,3)19(23)24-14-8-9-15-16(11-14)25-17(18(15)22)10-12-4-6-13(21)7-5-12/h4-11H,1-3H3/b17-10-. The van der Waals surface area contributed by atoms with Crippen LogP contribution < -0.4 is 9.47 Å². The Bertz CT molecular complexity index is 874. The minimum absolute atomic E-state index is 0.140. The van der Waals surface area contributed by atoms with Gasteiger partial charge in [-0.2, -0.15) is 0 Å². The number of ketones is 1. The van der Waals surface area contributed by atoms with E-state index >= 15 is 0 Å². The van der Waals surface area contributed by atoms with Gasteiger partial charge in [0.2, 0.25) is 5.78 Å². The van der Waals surface area contributed by atoms with Gasteiger partial charge in [-0.1, -0.05) is 12.1 Å². The summed E-state index contributed by atoms with van der Waals surface area (Å²) in [4.78, 5) is 24.3. The smallest absolute Gasteiger partial charge is 0.316 e. The van der Waals surface area contributed by atoms with Gasteiger partial charge in [0.05, 0.1) is 11.0 Å². The number of ether oxygens (including phenoxy) is 2. The minimum atomic E-state index is -0.636. The van der Waals surface area contributed by atoms with E-state index in [1.165, 1.54) is 18.2 Å². The van der Waals surface area contributed by atoms with Crippen LogP contribution in [0.5, 0.6) is 11.5 Å². The van der Waals surface area contributed by atoms with Crippen molar-refractivity contribution in [2.24, 2.45) is 5.41 Å². The number of halogens is 1. The summed E-state index contributed by atoms with van der Waals surface area (Å²) < 4.78 is 23.9. The van der Waals surface area contributed by atoms with Gasteiger partial charge in [0.15, 0.2) is 5.76 Å². The Morgan fingerprint density at radius 3 is 2.44 bits per heavy atom. The first-order valence-corrected chi connectivity index (χ1v) is 7.80. The highest BCUT2D eigenvalue weighted by Crippen LogP contribution is 2.35. The fraction of sp³-hybridized carbons (Fsp3) is 0.200. The number of hydrogen-bond donors (Lipinski definition) is 0. The molecule has 2 aromatic rings. The molecule has 0 fully saturated rings. The first kappa shape index (κ1) is 16.9. The third-order valence-corrected chi connectivity index (χ3v) is 3.63. The topological polar surface area (TPSA) is 52.6 Å². The van der Waals surface area contributed by atoms with Crippen LogP contribution in [-0.4, -0.2) is 11.8 Å². The molecule has 0 amide bonds. The van der Waals surface area contributed by atoms with Crippen LogP contribution in [-0.2, 0) is 4.79 Å². The van der Waals surface area contributed by atoms with Crippen molar-refractivity contribution in [3.8, 4) is 11.5 Å². The summed E-state index contributed by atoms with van der Waals surface area (Å²) in [5, 5.41) is 0. The zero-order chi connectivity index (χ0) is 18.2. The van der Waals surface area contributed by atoms with E-state index in [0.29, 0.717) is 22.6 Å². The molecule has 5 heteroatoms. The minimum Gasteiger partial charge on any atom is -0.452 e. The van der Waals surface area contributed by atoms with E-state index in [2.05, 4.69) is 0 Å². The number of fused-ring (bicyclic) bond motifs is 1. The van der Waals surface area contributed by atoms with Gasteiger partial charge in [0.25, 0.3) is 0 Å². The molecule has 0 N–H and O–H groups in total. The first-order chi connectivity index (χ1) is 11.7. The molecule has 0 bridgehead atoms. The molecule has 1 aliphatic heterocycles. The van der Waals surface area contributed by atoms with Crippen LogP contribution in [0.3, 0.4) is 0 Å². The number of Topliss-reactive ketones (excluding diaryl/α,β-unsaturated/α-hetero) is 1. The molecule has 0 saturated carbocycles. The van der Waals surface area contributed by atoms with Crippen LogP contribution in [0.4, 0.5) is 4.39 Å². The molecule has 1 heterocycles. The molecule has 0 saturated heterocycles. The van der Waals surface area contributed by atoms with Crippen molar-refractivity contribution < 1.29 is 23.5 Å². The number of esters is 1. The summed E-state index contributed by atoms with van der Waals surface area (Å²) in [7, 11) is 0. The number of carbonyl (C=O) groups excluding carboxylic acids is 2. The fourth-order valence-electron chi connectivity index (χ4n) is 2.20. The normalized spacial score (nSPS) is 15.0. The molecule has 1 aliphatic rings. The maximum Gasteiger partial charge on any atom is 0.316 e. The fourth-order valence-corrected chi connectivity index (χ4v) is 2.20. The lowest BCUT2D eigenvalue weighted by Crippen LogP contribution is -2.25. The van der Waals surface area contributed by atoms with Gasteiger partial charge in [0, 0.05) is 6.07 Å². The molecule has 4 nitrogen and oxygen atoms in total. The van der Waals surface area contributed by atoms with Crippen molar-refractivity contribution in [3.05, 3.63) is 65.2 Å². The van der Waals surface area contributed by atoms with Gasteiger partial charge in [-0.15, -0.1) is 0 Å². The van der Waals surface area contributed by atoms with Crippen LogP contribution in [0.25, 0.3) is 6.08 Å². The average molecular weight is 340 g/mol. The Hall–Kier alpha value is -2.95. The molecule has 0 aromatic heterocycles. The maximum atomic E-state index is 13.0. The second-order valence-corrected chi connectivity index (χ2v) is 6.79. The third kappa shape index (κ3) is 3.60. The van der Waals surface area contributed by atoms with Crippen molar-refractivity contribution in [2.45, 2.75) is 20.8 Å². The molecular weight excluding hydrogens is 323 g/mol. The molecule has 0 atom stereocenters. The average Bonchev–Trinajstić information content (AvgIpc) is 2.84. The summed E-state index contributed by atoms with van der Waals surface area (Å²) in [6.07, 6.45) is 1.54. The number of allylic oxidation sites excluding steroid dienone is 1. The van der Waals surface area contributed by atoms with Crippen molar-refractivity contribution >= 4 is 17.8 Å². The van der Waals surface area contributed by atoms with E-state index in [1.54, 1.807) is 51.1 Å². The lowest BCUT2D eigenvalue weighted by molar-refractivity contribution is -0.143. The Morgan fingerprint density at radius 2 is 1.80 bits per heavy atom. The number of benzene rings is 2. The number of carbonyl (C=O) groups is 2. The summed E-state index contributed by atoms with van der Waals surface area (Å²) in [6, 6.07) is 10.4. The van der Waals surface area contributed by atoms with Gasteiger partial charge in [0.1, 0.15) is 17.3 Å². The van der Waals surface area contributed by atoms with E-state index < -0.39 is 5.41 Å². The van der Waals surface area contributed by atoms with E-state index in [4.69, 9.17) is 9.47 Å². The molecule has 128 valence electrons. The Balaban J connectivity index is 1.84. The summed E-state index contributed by atoms with van der Waals surface area (Å²) >= 11 is 0. The highest BCUT2D eigenvalue weighted by molar-refractivity contribution is 6.14. The van der Waals surface area contributed by atoms with Crippen LogP contribution in [0.1, 0.15) is 36.7 Å². The monoisotopic (exact) mass is 340 g/mol. The Labute approximate surface area is 144 Å². The van der Waals surface area contributed by atoms with E-state index in [9.17, 15) is 14.0 Å². The van der Waals surface area contributed by atoms with Gasteiger partial charge in [-0.3, -0.25) is 9.59 Å². The van der Waals surface area contributed by atoms with Gasteiger partial charge < -0.3 is 9.47 Å². The van der Waals surface area contributed by atoms with Gasteiger partial charge in [-0.25, -0.2) is 4.39 Å². The molecule has 0 radical (unpaired) electrons. The highest BCUT2D eigenvalue weighted by Gasteiger charge is 2.29. The second kappa shape index (κ2) is 6.16. The number of hydrogen-bond acceptors (Lipinski definition) is 4. The second-order valence-electron chi connectivity index (χ2n) is 6.79. The van der Waals surface area contributed by atoms with Gasteiger partial charge >= 0.3 is 5.97 Å². The molecule has 25 heavy (non-hydrogen) atoms. The Kier molecular flexibility index (Phi) is 4.17. The predicted molar refractivity (Wildman–Crippen MR) is 90.9 cm³/mol. The van der Waals surface area contributed by atoms with E-state index in [1.807, 2.05) is 0 Å². The van der Waals surface area contributed by atoms with Crippen molar-refractivity contribution in [1.29, 1.82) is 0 Å². The van der Waals surface area contributed by atoms with Crippen molar-refractivity contribution in [2.75, 3.05) is 0 Å². The summed E-state index contributed by atoms with van der Waals surface area (Å²) in [5.74, 6) is -0.214. The molecule has 2 aromatic carbocycles. The van der Waals surface area contributed by atoms with E-state index in [-0.39, 0.29) is 23.3 Å². The lowest BCUT2D eigenvalue weighted by atomic mass is 9.97. The number of rotatable bonds is 2. The SMILES string of the molecule is CC(C)(C)C(=O)Oc1ccc2c(c1)O/C(=C\c1ccc(F)cc1)C2=O. The van der Waals surface area contributed by atoms with Crippen molar-refractivity contribution in [3.63, 3.8) is 0 Å². The van der Waals surface area contributed by atoms with Crippen LogP contribution >= 0.6 is 0 Å². The summed E-state index contributed by atoms with van der Waals surface area (Å²) in [6.45, 7) is 5.27. The molecule has 0 unspecified atom stereocenters.